The largest absolute Gasteiger partial charge is 0.496 e. The van der Waals surface area contributed by atoms with Crippen molar-refractivity contribution < 1.29 is 14.1 Å². The van der Waals surface area contributed by atoms with Gasteiger partial charge in [0, 0.05) is 29.8 Å². The molecule has 2 rings (SSSR count). The van der Waals surface area contributed by atoms with Gasteiger partial charge in [-0.2, -0.15) is 0 Å². The molecule has 0 N–H and O–H groups in total. The average Bonchev–Trinajstić information content (AvgIpc) is 2.58. The van der Waals surface area contributed by atoms with Gasteiger partial charge in [0.1, 0.15) is 0 Å². The molecule has 0 radical (unpaired) electrons. The maximum absolute atomic E-state index is 11.7. The highest BCUT2D eigenvalue weighted by atomic mass is 16.7. The molecule has 0 bridgehead atoms. The van der Waals surface area contributed by atoms with Gasteiger partial charge in [0.25, 0.3) is 0 Å². The van der Waals surface area contributed by atoms with E-state index in [0.29, 0.717) is 12.0 Å². The maximum atomic E-state index is 11.7. The lowest BCUT2D eigenvalue weighted by Gasteiger charge is -2.32. The molecule has 0 aliphatic carbocycles. The topological polar surface area (TPSA) is 48.4 Å². The Morgan fingerprint density at radius 1 is 1.21 bits per heavy atom. The summed E-state index contributed by atoms with van der Waals surface area (Å²) in [6.07, 6.45) is 3.74. The van der Waals surface area contributed by atoms with Gasteiger partial charge in [0.2, 0.25) is 0 Å². The van der Waals surface area contributed by atoms with Gasteiger partial charge >= 0.3 is 7.12 Å². The van der Waals surface area contributed by atoms with Crippen molar-refractivity contribution in [3.05, 3.63) is 24.0 Å². The van der Waals surface area contributed by atoms with Crippen LogP contribution in [0.5, 0.6) is 0 Å². The van der Waals surface area contributed by atoms with E-state index in [1.54, 1.807) is 18.5 Å². The van der Waals surface area contributed by atoms with Crippen molar-refractivity contribution in [2.75, 3.05) is 0 Å². The lowest BCUT2D eigenvalue weighted by molar-refractivity contribution is 0.00578. The first-order valence-corrected chi connectivity index (χ1v) is 6.60. The molecule has 0 spiro atoms. The molecule has 2 heterocycles. The number of aromatic nitrogens is 1. The summed E-state index contributed by atoms with van der Waals surface area (Å²) in [5.41, 5.74) is 0.623. The molecule has 1 aliphatic heterocycles. The van der Waals surface area contributed by atoms with Crippen LogP contribution in [0.2, 0.25) is 0 Å². The molecule has 0 unspecified atom stereocenters. The van der Waals surface area contributed by atoms with E-state index in [1.165, 1.54) is 0 Å². The monoisotopic (exact) mass is 261 g/mol. The van der Waals surface area contributed by atoms with Gasteiger partial charge in [-0.05, 0) is 33.8 Å². The minimum atomic E-state index is -0.470. The molecule has 4 nitrogen and oxygen atoms in total. The van der Waals surface area contributed by atoms with E-state index < -0.39 is 7.12 Å². The Hall–Kier alpha value is -1.20. The third-order valence-electron chi connectivity index (χ3n) is 3.93. The molecule has 1 fully saturated rings. The van der Waals surface area contributed by atoms with E-state index in [-0.39, 0.29) is 17.0 Å². The molecule has 5 heteroatoms. The zero-order valence-corrected chi connectivity index (χ0v) is 12.2. The van der Waals surface area contributed by atoms with E-state index in [0.717, 1.165) is 5.46 Å². The third-order valence-corrected chi connectivity index (χ3v) is 3.93. The number of Topliss-reactive ketones (excluding diaryl/α,β-unsaturated/α-hetero) is 1. The Labute approximate surface area is 114 Å². The highest BCUT2D eigenvalue weighted by molar-refractivity contribution is 6.62. The Morgan fingerprint density at radius 2 is 1.79 bits per heavy atom. The third kappa shape index (κ3) is 2.58. The predicted octanol–water partition coefficient (Wildman–Crippen LogP) is 1.97. The molecule has 1 saturated heterocycles. The summed E-state index contributed by atoms with van der Waals surface area (Å²) < 4.78 is 11.9. The summed E-state index contributed by atoms with van der Waals surface area (Å²) in [6, 6.07) is 1.81. The van der Waals surface area contributed by atoms with Crippen LogP contribution >= 0.6 is 0 Å². The molecule has 102 valence electrons. The van der Waals surface area contributed by atoms with Gasteiger partial charge in [-0.15, -0.1) is 0 Å². The highest BCUT2D eigenvalue weighted by Gasteiger charge is 2.51. The highest BCUT2D eigenvalue weighted by Crippen LogP contribution is 2.36. The van der Waals surface area contributed by atoms with Crippen LogP contribution in [0.15, 0.2) is 18.5 Å². The SMILES string of the molecule is CCC(=O)c1cncc(B2OC(C)(C)C(C)(C)O2)c1. The zero-order chi connectivity index (χ0) is 14.3. The first-order valence-electron chi connectivity index (χ1n) is 6.60. The molecule has 1 aliphatic rings. The van der Waals surface area contributed by atoms with E-state index in [4.69, 9.17) is 9.31 Å². The Morgan fingerprint density at radius 3 is 2.32 bits per heavy atom. The number of pyridine rings is 1. The first-order chi connectivity index (χ1) is 8.77. The number of rotatable bonds is 3. The van der Waals surface area contributed by atoms with Gasteiger partial charge in [0.15, 0.2) is 5.78 Å². The second kappa shape index (κ2) is 4.73. The fourth-order valence-corrected chi connectivity index (χ4v) is 1.92. The van der Waals surface area contributed by atoms with Gasteiger partial charge in [-0.1, -0.05) is 6.92 Å². The fourth-order valence-electron chi connectivity index (χ4n) is 1.92. The molecular weight excluding hydrogens is 241 g/mol. The molecule has 0 saturated carbocycles. The van der Waals surface area contributed by atoms with E-state index in [1.807, 2.05) is 34.6 Å². The zero-order valence-electron chi connectivity index (χ0n) is 12.2. The molecule has 0 atom stereocenters. The number of nitrogens with zero attached hydrogens (tertiary/aromatic N) is 1. The van der Waals surface area contributed by atoms with Crippen molar-refractivity contribution in [2.24, 2.45) is 0 Å². The molecule has 1 aromatic rings. The van der Waals surface area contributed by atoms with Gasteiger partial charge in [-0.25, -0.2) is 0 Å². The van der Waals surface area contributed by atoms with Crippen LogP contribution in [0.3, 0.4) is 0 Å². The van der Waals surface area contributed by atoms with Crippen LogP contribution in [-0.2, 0) is 9.31 Å². The van der Waals surface area contributed by atoms with Gasteiger partial charge < -0.3 is 9.31 Å². The number of carbonyl (C=O) groups is 1. The molecule has 0 aromatic carbocycles. The van der Waals surface area contributed by atoms with Crippen LogP contribution in [0.25, 0.3) is 0 Å². The smallest absolute Gasteiger partial charge is 0.399 e. The van der Waals surface area contributed by atoms with E-state index in [9.17, 15) is 4.79 Å². The minimum Gasteiger partial charge on any atom is -0.399 e. The number of hydrogen-bond acceptors (Lipinski definition) is 4. The van der Waals surface area contributed by atoms with Crippen molar-refractivity contribution in [1.82, 2.24) is 4.98 Å². The Bertz CT molecular complexity index is 483. The van der Waals surface area contributed by atoms with Crippen molar-refractivity contribution in [2.45, 2.75) is 52.2 Å². The Kier molecular flexibility index (Phi) is 3.54. The van der Waals surface area contributed by atoms with Gasteiger partial charge in [0.05, 0.1) is 11.2 Å². The number of ketones is 1. The number of hydrogen-bond donors (Lipinski definition) is 0. The Balaban J connectivity index is 2.27. The molecule has 19 heavy (non-hydrogen) atoms. The summed E-state index contributed by atoms with van der Waals surface area (Å²) in [5, 5.41) is 0. The normalized spacial score (nSPS) is 20.6. The predicted molar refractivity (Wildman–Crippen MR) is 74.6 cm³/mol. The maximum Gasteiger partial charge on any atom is 0.496 e. The second-order valence-corrected chi connectivity index (χ2v) is 5.87. The first kappa shape index (κ1) is 14.2. The lowest BCUT2D eigenvalue weighted by atomic mass is 9.79. The van der Waals surface area contributed by atoms with Crippen molar-refractivity contribution in [3.63, 3.8) is 0 Å². The van der Waals surface area contributed by atoms with Crippen molar-refractivity contribution in [3.8, 4) is 0 Å². The molecule has 0 amide bonds. The van der Waals surface area contributed by atoms with Crippen LogP contribution in [-0.4, -0.2) is 29.1 Å². The average molecular weight is 261 g/mol. The fraction of sp³-hybridized carbons (Fsp3) is 0.571. The van der Waals surface area contributed by atoms with Crippen LogP contribution < -0.4 is 5.46 Å². The summed E-state index contributed by atoms with van der Waals surface area (Å²) in [4.78, 5) is 15.8. The molecular formula is C14H20BNO3. The minimum absolute atomic E-state index is 0.0749. The molecule has 1 aromatic heterocycles. The second-order valence-electron chi connectivity index (χ2n) is 5.87. The summed E-state index contributed by atoms with van der Waals surface area (Å²) >= 11 is 0. The summed E-state index contributed by atoms with van der Waals surface area (Å²) in [7, 11) is -0.470. The van der Waals surface area contributed by atoms with Crippen LogP contribution in [0, 0.1) is 0 Å². The standard InChI is InChI=1S/C14H20BNO3/c1-6-12(17)10-7-11(9-16-8-10)15-18-13(2,3)14(4,5)19-15/h7-9H,6H2,1-5H3. The van der Waals surface area contributed by atoms with Crippen LogP contribution in [0.1, 0.15) is 51.4 Å². The van der Waals surface area contributed by atoms with Crippen LogP contribution in [0.4, 0.5) is 0 Å². The quantitative estimate of drug-likeness (QED) is 0.616. The van der Waals surface area contributed by atoms with Crippen molar-refractivity contribution >= 4 is 18.4 Å². The van der Waals surface area contributed by atoms with Gasteiger partial charge in [-0.3, -0.25) is 9.78 Å². The van der Waals surface area contributed by atoms with E-state index in [2.05, 4.69) is 4.98 Å². The number of carbonyl (C=O) groups excluding carboxylic acids is 1. The van der Waals surface area contributed by atoms with E-state index >= 15 is 0 Å². The lowest BCUT2D eigenvalue weighted by Crippen LogP contribution is -2.41. The van der Waals surface area contributed by atoms with Crippen molar-refractivity contribution in [1.29, 1.82) is 0 Å². The summed E-state index contributed by atoms with van der Waals surface area (Å²) in [6.45, 7) is 9.84. The summed E-state index contributed by atoms with van der Waals surface area (Å²) in [5.74, 6) is 0.0749.